The van der Waals surface area contributed by atoms with Gasteiger partial charge in [-0.1, -0.05) is 23.9 Å². The molecule has 1 fully saturated rings. The normalized spacial score (nSPS) is 19.2. The Morgan fingerprint density at radius 2 is 2.04 bits per heavy atom. The molecular weight excluding hydrogens is 476 g/mol. The van der Waals surface area contributed by atoms with Crippen LogP contribution in [0.5, 0.6) is 0 Å². The smallest absolute Gasteiger partial charge is 0.324 e. The molecule has 2 aromatic rings. The largest absolute Gasteiger partial charge is 0.325 e. The van der Waals surface area contributed by atoms with E-state index in [0.717, 1.165) is 8.69 Å². The molecule has 11 heteroatoms. The topological polar surface area (TPSA) is 78.5 Å². The second-order valence-electron chi connectivity index (χ2n) is 5.97. The number of nitrogens with one attached hydrogen (secondary N) is 2. The standard InChI is InChI=1S/C17H14BrF2N3O3S2/c1-17(11-6-7-12(18)28-11)14(25)23(16(26)22-17)8-13(24)21-9-4-2-3-5-10(9)27-15(19)20/h2-7,15H,8H2,1H3,(H,21,24)(H,22,26). The van der Waals surface area contributed by atoms with Crippen LogP contribution in [0.15, 0.2) is 45.1 Å². The summed E-state index contributed by atoms with van der Waals surface area (Å²) in [4.78, 5) is 39.1. The van der Waals surface area contributed by atoms with Gasteiger partial charge in [-0.3, -0.25) is 14.5 Å². The lowest BCUT2D eigenvalue weighted by Gasteiger charge is -2.20. The van der Waals surface area contributed by atoms with Gasteiger partial charge in [0.1, 0.15) is 6.54 Å². The number of hydrogen-bond donors (Lipinski definition) is 2. The van der Waals surface area contributed by atoms with Gasteiger partial charge in [-0.25, -0.2) is 4.79 Å². The number of rotatable bonds is 6. The van der Waals surface area contributed by atoms with Crippen LogP contribution in [-0.4, -0.2) is 35.0 Å². The van der Waals surface area contributed by atoms with E-state index in [9.17, 15) is 23.2 Å². The molecule has 1 aromatic heterocycles. The lowest BCUT2D eigenvalue weighted by molar-refractivity contribution is -0.133. The number of amides is 4. The van der Waals surface area contributed by atoms with Crippen molar-refractivity contribution in [2.45, 2.75) is 23.1 Å². The van der Waals surface area contributed by atoms with Crippen molar-refractivity contribution >= 4 is 62.6 Å². The highest BCUT2D eigenvalue weighted by molar-refractivity contribution is 9.11. The molecule has 1 atom stereocenters. The number of hydrogen-bond acceptors (Lipinski definition) is 5. The van der Waals surface area contributed by atoms with E-state index in [4.69, 9.17) is 0 Å². The van der Waals surface area contributed by atoms with Crippen molar-refractivity contribution in [3.8, 4) is 0 Å². The average molecular weight is 490 g/mol. The third kappa shape index (κ3) is 4.20. The lowest BCUT2D eigenvalue weighted by atomic mass is 10.0. The Morgan fingerprint density at radius 1 is 1.32 bits per heavy atom. The first-order chi connectivity index (χ1) is 13.2. The summed E-state index contributed by atoms with van der Waals surface area (Å²) in [6.45, 7) is 1.04. The number of thioether (sulfide) groups is 1. The summed E-state index contributed by atoms with van der Waals surface area (Å²) < 4.78 is 26.1. The summed E-state index contributed by atoms with van der Waals surface area (Å²) in [5.74, 6) is -3.87. The molecule has 1 aliphatic rings. The fraction of sp³-hybridized carbons (Fsp3) is 0.235. The maximum atomic E-state index is 12.8. The number of para-hydroxylation sites is 1. The molecule has 2 heterocycles. The van der Waals surface area contributed by atoms with E-state index in [0.29, 0.717) is 16.6 Å². The number of urea groups is 1. The molecule has 0 bridgehead atoms. The zero-order valence-electron chi connectivity index (χ0n) is 14.4. The zero-order valence-corrected chi connectivity index (χ0v) is 17.6. The summed E-state index contributed by atoms with van der Waals surface area (Å²) in [5, 5.41) is 5.09. The van der Waals surface area contributed by atoms with Crippen LogP contribution in [0.3, 0.4) is 0 Å². The predicted octanol–water partition coefficient (Wildman–Crippen LogP) is 4.23. The van der Waals surface area contributed by atoms with E-state index in [1.165, 1.54) is 23.5 Å². The number of anilines is 1. The van der Waals surface area contributed by atoms with Gasteiger partial charge < -0.3 is 10.6 Å². The van der Waals surface area contributed by atoms with E-state index in [1.807, 2.05) is 0 Å². The summed E-state index contributed by atoms with van der Waals surface area (Å²) in [6, 6.07) is 8.87. The van der Waals surface area contributed by atoms with Crippen molar-refractivity contribution < 1.29 is 23.2 Å². The number of imide groups is 1. The Kier molecular flexibility index (Phi) is 6.06. The number of alkyl halides is 2. The van der Waals surface area contributed by atoms with Gasteiger partial charge in [0, 0.05) is 9.77 Å². The zero-order chi connectivity index (χ0) is 20.5. The fourth-order valence-corrected chi connectivity index (χ4v) is 4.77. The molecular formula is C17H14BrF2N3O3S2. The van der Waals surface area contributed by atoms with E-state index in [1.54, 1.807) is 31.2 Å². The molecule has 6 nitrogen and oxygen atoms in total. The van der Waals surface area contributed by atoms with Crippen molar-refractivity contribution in [2.75, 3.05) is 11.9 Å². The molecule has 0 spiro atoms. The molecule has 1 aliphatic heterocycles. The lowest BCUT2D eigenvalue weighted by Crippen LogP contribution is -2.41. The first-order valence-corrected chi connectivity index (χ1v) is 10.4. The van der Waals surface area contributed by atoms with Gasteiger partial charge in [-0.2, -0.15) is 8.78 Å². The number of nitrogens with zero attached hydrogens (tertiary/aromatic N) is 1. The van der Waals surface area contributed by atoms with Crippen LogP contribution in [0.2, 0.25) is 0 Å². The maximum Gasteiger partial charge on any atom is 0.325 e. The molecule has 4 amide bonds. The first kappa shape index (κ1) is 20.7. The Bertz CT molecular complexity index is 940. The molecule has 3 rings (SSSR count). The number of halogens is 3. The number of thiophene rings is 1. The molecule has 0 saturated carbocycles. The van der Waals surface area contributed by atoms with Crippen LogP contribution in [-0.2, 0) is 15.1 Å². The Hall–Kier alpha value is -1.98. The van der Waals surface area contributed by atoms with Crippen LogP contribution in [0.1, 0.15) is 11.8 Å². The molecule has 28 heavy (non-hydrogen) atoms. The molecule has 1 saturated heterocycles. The van der Waals surface area contributed by atoms with Crippen LogP contribution < -0.4 is 10.6 Å². The minimum Gasteiger partial charge on any atom is -0.324 e. The minimum absolute atomic E-state index is 0.190. The van der Waals surface area contributed by atoms with Gasteiger partial charge in [0.15, 0.2) is 5.54 Å². The first-order valence-electron chi connectivity index (χ1n) is 7.94. The van der Waals surface area contributed by atoms with Crippen LogP contribution in [0.25, 0.3) is 0 Å². The van der Waals surface area contributed by atoms with Crippen LogP contribution in [0, 0.1) is 0 Å². The van der Waals surface area contributed by atoms with Crippen molar-refractivity contribution in [1.29, 1.82) is 0 Å². The Labute approximate surface area is 175 Å². The fourth-order valence-electron chi connectivity index (χ4n) is 2.69. The van der Waals surface area contributed by atoms with Gasteiger partial charge in [-0.15, -0.1) is 11.3 Å². The third-order valence-corrected chi connectivity index (χ3v) is 6.65. The van der Waals surface area contributed by atoms with E-state index in [2.05, 4.69) is 26.6 Å². The number of carbonyl (C=O) groups is 3. The SMILES string of the molecule is CC1(c2ccc(Br)s2)NC(=O)N(CC(=O)Nc2ccccc2SC(F)F)C1=O. The summed E-state index contributed by atoms with van der Waals surface area (Å²) in [7, 11) is 0. The van der Waals surface area contributed by atoms with Gasteiger partial charge >= 0.3 is 6.03 Å². The van der Waals surface area contributed by atoms with Gasteiger partial charge in [0.25, 0.3) is 11.7 Å². The molecule has 1 aromatic carbocycles. The molecule has 0 radical (unpaired) electrons. The quantitative estimate of drug-likeness (QED) is 0.470. The minimum atomic E-state index is -2.64. The van der Waals surface area contributed by atoms with E-state index in [-0.39, 0.29) is 10.6 Å². The van der Waals surface area contributed by atoms with E-state index >= 15 is 0 Å². The molecule has 148 valence electrons. The van der Waals surface area contributed by atoms with Gasteiger partial charge in [0.05, 0.1) is 9.47 Å². The van der Waals surface area contributed by atoms with Crippen molar-refractivity contribution in [3.05, 3.63) is 45.1 Å². The molecule has 1 unspecified atom stereocenters. The highest BCUT2D eigenvalue weighted by atomic mass is 79.9. The summed E-state index contributed by atoms with van der Waals surface area (Å²) in [6.07, 6.45) is 0. The third-order valence-electron chi connectivity index (χ3n) is 4.02. The molecule has 2 N–H and O–H groups in total. The predicted molar refractivity (Wildman–Crippen MR) is 107 cm³/mol. The second kappa shape index (κ2) is 8.18. The van der Waals surface area contributed by atoms with Crippen LogP contribution in [0.4, 0.5) is 19.3 Å². The average Bonchev–Trinajstić information content (AvgIpc) is 3.14. The highest BCUT2D eigenvalue weighted by Gasteiger charge is 2.50. The van der Waals surface area contributed by atoms with E-state index < -0.39 is 35.7 Å². The van der Waals surface area contributed by atoms with Crippen molar-refractivity contribution in [1.82, 2.24) is 10.2 Å². The Balaban J connectivity index is 1.73. The van der Waals surface area contributed by atoms with Gasteiger partial charge in [0.2, 0.25) is 5.91 Å². The highest BCUT2D eigenvalue weighted by Crippen LogP contribution is 2.36. The maximum absolute atomic E-state index is 12.8. The Morgan fingerprint density at radius 3 is 2.68 bits per heavy atom. The van der Waals surface area contributed by atoms with Crippen molar-refractivity contribution in [3.63, 3.8) is 0 Å². The summed E-state index contributed by atoms with van der Waals surface area (Å²) in [5.41, 5.74) is -1.08. The van der Waals surface area contributed by atoms with Crippen molar-refractivity contribution in [2.24, 2.45) is 0 Å². The number of carbonyl (C=O) groups excluding carboxylic acids is 3. The molecule has 0 aliphatic carbocycles. The van der Waals surface area contributed by atoms with Crippen LogP contribution >= 0.6 is 39.0 Å². The number of benzene rings is 1. The second-order valence-corrected chi connectivity index (χ2v) is 9.47. The monoisotopic (exact) mass is 489 g/mol. The van der Waals surface area contributed by atoms with Gasteiger partial charge in [-0.05, 0) is 47.1 Å². The summed E-state index contributed by atoms with van der Waals surface area (Å²) >= 11 is 4.92.